The number of para-hydroxylation sites is 1. The molecular weight excluding hydrogens is 232 g/mol. The van der Waals surface area contributed by atoms with Crippen LogP contribution in [0.2, 0.25) is 0 Å². The Kier molecular flexibility index (Phi) is 2.92. The van der Waals surface area contributed by atoms with Crippen molar-refractivity contribution in [3.8, 4) is 17.6 Å². The number of hydrogen-bond donors (Lipinski definition) is 1. The van der Waals surface area contributed by atoms with E-state index in [2.05, 4.69) is 30.0 Å². The van der Waals surface area contributed by atoms with Crippen LogP contribution >= 0.6 is 0 Å². The number of benzene rings is 3. The van der Waals surface area contributed by atoms with Gasteiger partial charge in [0.2, 0.25) is 0 Å². The largest absolute Gasteiger partial charge is 0.507 e. The highest BCUT2D eigenvalue weighted by atomic mass is 16.3. The highest BCUT2D eigenvalue weighted by molar-refractivity contribution is 5.88. The zero-order chi connectivity index (χ0) is 13.1. The molecule has 0 amide bonds. The molecular formula is C18H12O. The smallest absolute Gasteiger partial charge is 0.131 e. The summed E-state index contributed by atoms with van der Waals surface area (Å²) in [4.78, 5) is 0. The first-order valence-corrected chi connectivity index (χ1v) is 6.12. The lowest BCUT2D eigenvalue weighted by Crippen LogP contribution is -1.80. The molecule has 0 heterocycles. The fraction of sp³-hybridized carbons (Fsp3) is 0. The molecule has 0 saturated carbocycles. The highest BCUT2D eigenvalue weighted by Gasteiger charge is 1.97. The Bertz CT molecular complexity index is 786. The predicted molar refractivity (Wildman–Crippen MR) is 78.0 cm³/mol. The Labute approximate surface area is 112 Å². The molecule has 0 aromatic heterocycles. The lowest BCUT2D eigenvalue weighted by molar-refractivity contribution is 0.473. The third-order valence-electron chi connectivity index (χ3n) is 3.03. The maximum atomic E-state index is 9.70. The van der Waals surface area contributed by atoms with Gasteiger partial charge in [0.05, 0.1) is 5.56 Å². The van der Waals surface area contributed by atoms with E-state index in [4.69, 9.17) is 0 Å². The lowest BCUT2D eigenvalue weighted by Gasteiger charge is -1.99. The Balaban J connectivity index is 2.11. The quantitative estimate of drug-likeness (QED) is 0.594. The fourth-order valence-corrected chi connectivity index (χ4v) is 2.05. The van der Waals surface area contributed by atoms with Crippen molar-refractivity contribution in [1.82, 2.24) is 0 Å². The molecule has 0 saturated heterocycles. The third-order valence-corrected chi connectivity index (χ3v) is 3.03. The summed E-state index contributed by atoms with van der Waals surface area (Å²) in [5, 5.41) is 12.0. The maximum Gasteiger partial charge on any atom is 0.131 e. The van der Waals surface area contributed by atoms with Gasteiger partial charge in [-0.05, 0) is 29.0 Å². The Morgan fingerprint density at radius 2 is 1.26 bits per heavy atom. The second-order valence-electron chi connectivity index (χ2n) is 4.29. The van der Waals surface area contributed by atoms with Gasteiger partial charge in [-0.3, -0.25) is 0 Å². The van der Waals surface area contributed by atoms with E-state index in [1.54, 1.807) is 12.1 Å². The predicted octanol–water partition coefficient (Wildman–Crippen LogP) is 3.95. The zero-order valence-corrected chi connectivity index (χ0v) is 10.3. The molecule has 0 bridgehead atoms. The van der Waals surface area contributed by atoms with Gasteiger partial charge in [0, 0.05) is 5.56 Å². The number of phenolic OH excluding ortho intramolecular Hbond substituents is 1. The van der Waals surface area contributed by atoms with Crippen molar-refractivity contribution in [2.75, 3.05) is 0 Å². The van der Waals surface area contributed by atoms with Crippen molar-refractivity contribution in [3.63, 3.8) is 0 Å². The van der Waals surface area contributed by atoms with Crippen LogP contribution in [0.5, 0.6) is 5.75 Å². The van der Waals surface area contributed by atoms with Gasteiger partial charge < -0.3 is 5.11 Å². The minimum Gasteiger partial charge on any atom is -0.507 e. The van der Waals surface area contributed by atoms with Crippen LogP contribution in [-0.4, -0.2) is 5.11 Å². The van der Waals surface area contributed by atoms with E-state index in [1.165, 1.54) is 5.39 Å². The monoisotopic (exact) mass is 244 g/mol. The zero-order valence-electron chi connectivity index (χ0n) is 10.3. The van der Waals surface area contributed by atoms with Crippen molar-refractivity contribution in [3.05, 3.63) is 77.9 Å². The second kappa shape index (κ2) is 4.88. The summed E-state index contributed by atoms with van der Waals surface area (Å²) >= 11 is 0. The molecule has 0 spiro atoms. The number of rotatable bonds is 0. The van der Waals surface area contributed by atoms with E-state index >= 15 is 0 Å². The molecule has 1 N–H and O–H groups in total. The first-order valence-electron chi connectivity index (χ1n) is 6.12. The van der Waals surface area contributed by atoms with Gasteiger partial charge in [-0.2, -0.15) is 0 Å². The topological polar surface area (TPSA) is 20.2 Å². The van der Waals surface area contributed by atoms with Gasteiger partial charge in [-0.15, -0.1) is 0 Å². The van der Waals surface area contributed by atoms with Crippen LogP contribution in [0.15, 0.2) is 66.7 Å². The van der Waals surface area contributed by atoms with Crippen LogP contribution in [0.25, 0.3) is 10.8 Å². The van der Waals surface area contributed by atoms with Gasteiger partial charge in [-0.1, -0.05) is 60.4 Å². The van der Waals surface area contributed by atoms with Crippen LogP contribution < -0.4 is 0 Å². The van der Waals surface area contributed by atoms with Gasteiger partial charge in [0.25, 0.3) is 0 Å². The van der Waals surface area contributed by atoms with E-state index in [-0.39, 0.29) is 5.75 Å². The highest BCUT2D eigenvalue weighted by Crippen LogP contribution is 2.18. The molecule has 0 aliphatic carbocycles. The van der Waals surface area contributed by atoms with Gasteiger partial charge >= 0.3 is 0 Å². The average Bonchev–Trinajstić information content (AvgIpc) is 2.46. The van der Waals surface area contributed by atoms with E-state index in [1.807, 2.05) is 36.4 Å². The van der Waals surface area contributed by atoms with Gasteiger partial charge in [-0.25, -0.2) is 0 Å². The minimum atomic E-state index is 0.218. The number of phenols is 1. The molecule has 0 aliphatic heterocycles. The summed E-state index contributed by atoms with van der Waals surface area (Å²) in [6.07, 6.45) is 0. The first kappa shape index (κ1) is 11.4. The second-order valence-corrected chi connectivity index (χ2v) is 4.29. The van der Waals surface area contributed by atoms with Gasteiger partial charge in [0.15, 0.2) is 0 Å². The summed E-state index contributed by atoms with van der Waals surface area (Å²) < 4.78 is 0. The molecule has 0 radical (unpaired) electrons. The first-order chi connectivity index (χ1) is 9.34. The standard InChI is InChI=1S/C18H12O/c19-18-11-4-2-7-16(18)13-12-15-9-5-8-14-6-1-3-10-17(14)15/h1-11,19H. The van der Waals surface area contributed by atoms with Crippen LogP contribution in [0.3, 0.4) is 0 Å². The molecule has 0 atom stereocenters. The summed E-state index contributed by atoms with van der Waals surface area (Å²) in [5.74, 6) is 6.37. The summed E-state index contributed by atoms with van der Waals surface area (Å²) in [6, 6.07) is 21.3. The molecule has 0 aliphatic rings. The molecule has 0 unspecified atom stereocenters. The molecule has 90 valence electrons. The number of hydrogen-bond acceptors (Lipinski definition) is 1. The third kappa shape index (κ3) is 2.29. The minimum absolute atomic E-state index is 0.218. The van der Waals surface area contributed by atoms with Crippen molar-refractivity contribution in [2.24, 2.45) is 0 Å². The Hall–Kier alpha value is -2.72. The summed E-state index contributed by atoms with van der Waals surface area (Å²) in [6.45, 7) is 0. The van der Waals surface area contributed by atoms with Crippen molar-refractivity contribution < 1.29 is 5.11 Å². The maximum absolute atomic E-state index is 9.70. The molecule has 19 heavy (non-hydrogen) atoms. The SMILES string of the molecule is Oc1ccccc1C#Cc1cccc2ccccc12. The van der Waals surface area contributed by atoms with Crippen molar-refractivity contribution in [1.29, 1.82) is 0 Å². The Morgan fingerprint density at radius 1 is 0.632 bits per heavy atom. The molecule has 3 aromatic rings. The van der Waals surface area contributed by atoms with Crippen LogP contribution in [0.4, 0.5) is 0 Å². The van der Waals surface area contributed by atoms with E-state index in [0.29, 0.717) is 5.56 Å². The van der Waals surface area contributed by atoms with E-state index in [9.17, 15) is 5.11 Å². The van der Waals surface area contributed by atoms with Crippen LogP contribution in [0, 0.1) is 11.8 Å². The molecule has 1 nitrogen and oxygen atoms in total. The fourth-order valence-electron chi connectivity index (χ4n) is 2.05. The molecule has 3 rings (SSSR count). The molecule has 1 heteroatoms. The molecule has 0 fully saturated rings. The summed E-state index contributed by atoms with van der Waals surface area (Å²) in [5.41, 5.74) is 1.62. The number of fused-ring (bicyclic) bond motifs is 1. The molecule has 3 aromatic carbocycles. The Morgan fingerprint density at radius 3 is 2.16 bits per heavy atom. The lowest BCUT2D eigenvalue weighted by atomic mass is 10.0. The van der Waals surface area contributed by atoms with E-state index in [0.717, 1.165) is 10.9 Å². The van der Waals surface area contributed by atoms with Crippen molar-refractivity contribution >= 4 is 10.8 Å². The number of aromatic hydroxyl groups is 1. The van der Waals surface area contributed by atoms with Crippen LogP contribution in [0.1, 0.15) is 11.1 Å². The normalized spacial score (nSPS) is 9.89. The van der Waals surface area contributed by atoms with Crippen LogP contribution in [-0.2, 0) is 0 Å². The average molecular weight is 244 g/mol. The van der Waals surface area contributed by atoms with E-state index < -0.39 is 0 Å². The van der Waals surface area contributed by atoms with Gasteiger partial charge in [0.1, 0.15) is 5.75 Å². The van der Waals surface area contributed by atoms with Crippen molar-refractivity contribution in [2.45, 2.75) is 0 Å². The summed E-state index contributed by atoms with van der Waals surface area (Å²) in [7, 11) is 0.